The number of hydrogen-bond acceptors (Lipinski definition) is 13. The number of nitrogens with one attached hydrogen (secondary N) is 1. The summed E-state index contributed by atoms with van der Waals surface area (Å²) < 4.78 is 0. The second-order valence-electron chi connectivity index (χ2n) is 6.72. The maximum atomic E-state index is 10.4. The molecule has 0 atom stereocenters. The summed E-state index contributed by atoms with van der Waals surface area (Å²) in [6.07, 6.45) is 0. The van der Waals surface area contributed by atoms with Crippen molar-refractivity contribution in [3.8, 4) is 0 Å². The van der Waals surface area contributed by atoms with Crippen LogP contribution in [0.15, 0.2) is 0 Å². The van der Waals surface area contributed by atoms with Crippen LogP contribution < -0.4 is 115 Å². The molecule has 0 saturated heterocycles. The maximum absolute atomic E-state index is 10.4. The number of hydrogen-bond donors (Lipinski definition) is 4. The van der Waals surface area contributed by atoms with Gasteiger partial charge in [-0.25, -0.2) is 0 Å². The van der Waals surface area contributed by atoms with Crippen LogP contribution in [0.1, 0.15) is 20.8 Å². The predicted octanol–water partition coefficient (Wildman–Crippen LogP) is -15.3. The van der Waals surface area contributed by atoms with Crippen LogP contribution in [0.5, 0.6) is 0 Å². The van der Waals surface area contributed by atoms with E-state index < -0.39 is 31.0 Å². The van der Waals surface area contributed by atoms with E-state index in [0.29, 0.717) is 19.6 Å². The second kappa shape index (κ2) is 38.3. The Morgan fingerprint density at radius 1 is 0.694 bits per heavy atom. The summed E-state index contributed by atoms with van der Waals surface area (Å²) in [6, 6.07) is 0. The normalized spacial score (nSPS) is 9.58. The minimum atomic E-state index is -1.40. The van der Waals surface area contributed by atoms with Crippen LogP contribution >= 0.6 is 0 Å². The predicted molar refractivity (Wildman–Crippen MR) is 117 cm³/mol. The first kappa shape index (κ1) is 50.0. The molecule has 0 aromatic carbocycles. The van der Waals surface area contributed by atoms with Crippen LogP contribution in [-0.4, -0.2) is 135 Å². The number of aliphatic hydroxyl groups is 2. The van der Waals surface area contributed by atoms with E-state index in [1.165, 1.54) is 4.90 Å². The van der Waals surface area contributed by atoms with E-state index in [-0.39, 0.29) is 122 Å². The van der Waals surface area contributed by atoms with Crippen LogP contribution in [-0.2, 0) is 14.4 Å². The SMILES string of the molecule is CCN(CCN(CC(=O)[O-])CC(=O)[O-])CC(=O)[O-].CCN(CCO)CCO.CCNCCN.[Na+].[Na+].[Na+]. The van der Waals surface area contributed by atoms with Gasteiger partial charge in [0.25, 0.3) is 0 Å². The molecule has 0 amide bonds. The number of carboxylic acids is 3. The van der Waals surface area contributed by atoms with E-state index in [2.05, 4.69) is 12.2 Å². The van der Waals surface area contributed by atoms with E-state index >= 15 is 0 Å². The number of carboxylic acid groups (broad SMARTS) is 3. The van der Waals surface area contributed by atoms with Gasteiger partial charge in [0.05, 0.1) is 31.1 Å². The molecule has 0 radical (unpaired) electrons. The van der Waals surface area contributed by atoms with E-state index in [1.54, 1.807) is 6.92 Å². The van der Waals surface area contributed by atoms with Crippen molar-refractivity contribution in [2.45, 2.75) is 20.8 Å². The number of aliphatic carboxylic acids is 3. The Labute approximate surface area is 282 Å². The van der Waals surface area contributed by atoms with Crippen LogP contribution in [0.25, 0.3) is 0 Å². The van der Waals surface area contributed by atoms with E-state index in [9.17, 15) is 29.7 Å². The molecule has 198 valence electrons. The summed E-state index contributed by atoms with van der Waals surface area (Å²) in [6.45, 7) is 10.4. The Balaban J connectivity index is -0.000000106. The molecule has 0 aliphatic carbocycles. The molecule has 0 fully saturated rings. The van der Waals surface area contributed by atoms with Gasteiger partial charge < -0.3 is 51.0 Å². The quantitative estimate of drug-likeness (QED) is 0.0926. The molecule has 5 N–H and O–H groups in total. The molecule has 0 heterocycles. The Kier molecular flexibility index (Phi) is 53.2. The van der Waals surface area contributed by atoms with Crippen LogP contribution in [0, 0.1) is 0 Å². The largest absolute Gasteiger partial charge is 1.00 e. The van der Waals surface area contributed by atoms with Crippen molar-refractivity contribution in [1.82, 2.24) is 20.0 Å². The van der Waals surface area contributed by atoms with Gasteiger partial charge in [0, 0.05) is 58.9 Å². The van der Waals surface area contributed by atoms with Gasteiger partial charge in [-0.05, 0) is 19.6 Å². The fourth-order valence-corrected chi connectivity index (χ4v) is 2.38. The van der Waals surface area contributed by atoms with Crippen molar-refractivity contribution in [2.24, 2.45) is 5.73 Å². The Morgan fingerprint density at radius 3 is 1.31 bits per heavy atom. The average Bonchev–Trinajstić information content (AvgIpc) is 2.74. The van der Waals surface area contributed by atoms with Gasteiger partial charge in [0.2, 0.25) is 0 Å². The summed E-state index contributed by atoms with van der Waals surface area (Å²) in [7, 11) is 0. The molecule has 16 heteroatoms. The molecule has 36 heavy (non-hydrogen) atoms. The zero-order chi connectivity index (χ0) is 26.1. The van der Waals surface area contributed by atoms with E-state index in [1.807, 2.05) is 11.8 Å². The summed E-state index contributed by atoms with van der Waals surface area (Å²) in [4.78, 5) is 35.8. The molecular weight excluding hydrogens is 507 g/mol. The Hall–Kier alpha value is 1.13. The molecule has 0 rings (SSSR count). The third-order valence-corrected chi connectivity index (χ3v) is 4.09. The fourth-order valence-electron chi connectivity index (χ4n) is 2.38. The monoisotopic (exact) mass is 549 g/mol. The van der Waals surface area contributed by atoms with Crippen LogP contribution in [0.3, 0.4) is 0 Å². The number of carbonyl (C=O) groups is 3. The molecule has 0 unspecified atom stereocenters. The molecule has 0 aromatic rings. The van der Waals surface area contributed by atoms with Crippen molar-refractivity contribution in [3.05, 3.63) is 0 Å². The van der Waals surface area contributed by atoms with Crippen molar-refractivity contribution >= 4 is 17.9 Å². The van der Waals surface area contributed by atoms with Crippen molar-refractivity contribution in [1.29, 1.82) is 0 Å². The molecule has 0 aliphatic rings. The smallest absolute Gasteiger partial charge is 0.549 e. The standard InChI is InChI=1S/C10H18N2O6.C6H15NO2.C4H12N2.3Na/c1-2-11(5-8(13)14)3-4-12(6-9(15)16)7-10(17)18;1-2-7(3-5-8)4-6-9;1-2-6-4-3-5;;;/h2-7H2,1H3,(H,13,14)(H,15,16)(H,17,18);8-9H,2-6H2,1H3;6H,2-5H2,1H3;;;/q;;;3*+1/p-3. The number of rotatable bonds is 18. The van der Waals surface area contributed by atoms with E-state index in [4.69, 9.17) is 15.9 Å². The van der Waals surface area contributed by atoms with E-state index in [0.717, 1.165) is 31.1 Å². The minimum Gasteiger partial charge on any atom is -0.549 e. The molecule has 0 aliphatic heterocycles. The second-order valence-corrected chi connectivity index (χ2v) is 6.72. The molecule has 0 spiro atoms. The molecular formula is C20H42N5Na3O8. The Morgan fingerprint density at radius 2 is 1.06 bits per heavy atom. The first-order valence-electron chi connectivity index (χ1n) is 11.0. The first-order valence-corrected chi connectivity index (χ1v) is 11.0. The molecule has 0 bridgehead atoms. The number of aliphatic hydroxyl groups excluding tert-OH is 2. The van der Waals surface area contributed by atoms with Gasteiger partial charge in [-0.15, -0.1) is 0 Å². The third-order valence-electron chi connectivity index (χ3n) is 4.09. The van der Waals surface area contributed by atoms with Gasteiger partial charge in [0.1, 0.15) is 0 Å². The maximum Gasteiger partial charge on any atom is 1.00 e. The number of carbonyl (C=O) groups excluding carboxylic acids is 3. The van der Waals surface area contributed by atoms with Crippen LogP contribution in [0.4, 0.5) is 0 Å². The number of likely N-dealkylation sites (N-methyl/N-ethyl adjacent to an activating group) is 3. The summed E-state index contributed by atoms with van der Waals surface area (Å²) in [5, 5.41) is 51.2. The molecule has 0 saturated carbocycles. The van der Waals surface area contributed by atoms with Gasteiger partial charge in [-0.1, -0.05) is 20.8 Å². The first-order chi connectivity index (χ1) is 15.6. The third kappa shape index (κ3) is 42.2. The van der Waals surface area contributed by atoms with Crippen molar-refractivity contribution < 1.29 is 129 Å². The summed E-state index contributed by atoms with van der Waals surface area (Å²) >= 11 is 0. The Bertz CT molecular complexity index is 474. The zero-order valence-corrected chi connectivity index (χ0v) is 29.2. The average molecular weight is 550 g/mol. The number of nitrogens with zero attached hydrogens (tertiary/aromatic N) is 3. The summed E-state index contributed by atoms with van der Waals surface area (Å²) in [5.74, 6) is -4.05. The van der Waals surface area contributed by atoms with Gasteiger partial charge >= 0.3 is 88.7 Å². The molecule has 13 nitrogen and oxygen atoms in total. The minimum absolute atomic E-state index is 0. The fraction of sp³-hybridized carbons (Fsp3) is 0.850. The summed E-state index contributed by atoms with van der Waals surface area (Å²) in [5.41, 5.74) is 5.15. The van der Waals surface area contributed by atoms with Gasteiger partial charge in [-0.3, -0.25) is 14.7 Å². The molecule has 0 aromatic heterocycles. The van der Waals surface area contributed by atoms with Crippen LogP contribution in [0.2, 0.25) is 0 Å². The number of nitrogens with two attached hydrogens (primary N) is 1. The van der Waals surface area contributed by atoms with Gasteiger partial charge in [0.15, 0.2) is 0 Å². The van der Waals surface area contributed by atoms with Crippen molar-refractivity contribution in [3.63, 3.8) is 0 Å². The topological polar surface area (TPSA) is 209 Å². The van der Waals surface area contributed by atoms with Gasteiger partial charge in [-0.2, -0.15) is 0 Å². The van der Waals surface area contributed by atoms with Crippen molar-refractivity contribution in [2.75, 3.05) is 91.8 Å². The zero-order valence-electron chi connectivity index (χ0n) is 23.2.